The molecule has 9 heteroatoms. The van der Waals surface area contributed by atoms with Crippen molar-refractivity contribution in [2.24, 2.45) is 0 Å². The number of benzene rings is 1. The van der Waals surface area contributed by atoms with Crippen molar-refractivity contribution in [1.82, 2.24) is 15.0 Å². The molecule has 0 bridgehead atoms. The maximum atomic E-state index is 12.6. The highest BCUT2D eigenvalue weighted by Crippen LogP contribution is 2.23. The second kappa shape index (κ2) is 8.20. The van der Waals surface area contributed by atoms with Crippen molar-refractivity contribution in [1.29, 1.82) is 0 Å². The van der Waals surface area contributed by atoms with E-state index < -0.39 is 0 Å². The zero-order valence-electron chi connectivity index (χ0n) is 14.2. The molecule has 1 aromatic carbocycles. The van der Waals surface area contributed by atoms with Gasteiger partial charge in [-0.3, -0.25) is 14.5 Å². The highest BCUT2D eigenvalue weighted by Gasteiger charge is 2.24. The second-order valence-corrected chi connectivity index (χ2v) is 7.39. The van der Waals surface area contributed by atoms with E-state index in [1.165, 1.54) is 0 Å². The van der Waals surface area contributed by atoms with Crippen LogP contribution in [0, 0.1) is 6.92 Å². The molecule has 0 saturated carbocycles. The van der Waals surface area contributed by atoms with Crippen LogP contribution in [0.25, 0.3) is 0 Å². The van der Waals surface area contributed by atoms with E-state index in [0.29, 0.717) is 48.3 Å². The van der Waals surface area contributed by atoms with Gasteiger partial charge in [-0.05, 0) is 25.1 Å². The van der Waals surface area contributed by atoms with Gasteiger partial charge < -0.3 is 14.7 Å². The summed E-state index contributed by atoms with van der Waals surface area (Å²) in [6.45, 7) is 4.32. The van der Waals surface area contributed by atoms with Crippen LogP contribution in [0.5, 0.6) is 0 Å². The smallest absolute Gasteiger partial charge is 0.255 e. The van der Waals surface area contributed by atoms with E-state index in [9.17, 15) is 9.59 Å². The highest BCUT2D eigenvalue weighted by atomic mass is 79.9. The summed E-state index contributed by atoms with van der Waals surface area (Å²) < 4.78 is 5.75. The SMILES string of the molecule is Cc1cc(NC(=O)CN2CCN(C(=O)c3ccc(Br)cc3Cl)CC2)no1. The number of hydrogen-bond acceptors (Lipinski definition) is 5. The molecule has 0 aliphatic carbocycles. The zero-order valence-corrected chi connectivity index (χ0v) is 16.5. The van der Waals surface area contributed by atoms with Crippen LogP contribution in [-0.2, 0) is 4.79 Å². The van der Waals surface area contributed by atoms with Crippen molar-refractivity contribution in [2.45, 2.75) is 6.92 Å². The molecule has 138 valence electrons. The lowest BCUT2D eigenvalue weighted by molar-refractivity contribution is -0.117. The van der Waals surface area contributed by atoms with Crippen LogP contribution in [-0.4, -0.2) is 59.5 Å². The van der Waals surface area contributed by atoms with Crippen LogP contribution in [0.2, 0.25) is 5.02 Å². The van der Waals surface area contributed by atoms with Crippen molar-refractivity contribution >= 4 is 45.2 Å². The molecule has 2 heterocycles. The molecule has 0 atom stereocenters. The Hall–Kier alpha value is -1.90. The predicted octanol–water partition coefficient (Wildman–Crippen LogP) is 2.80. The number of carbonyl (C=O) groups is 2. The van der Waals surface area contributed by atoms with E-state index in [4.69, 9.17) is 16.1 Å². The number of nitrogens with zero attached hydrogens (tertiary/aromatic N) is 3. The van der Waals surface area contributed by atoms with Gasteiger partial charge in [-0.25, -0.2) is 0 Å². The molecule has 1 aliphatic rings. The van der Waals surface area contributed by atoms with Crippen LogP contribution in [0.15, 0.2) is 33.3 Å². The third kappa shape index (κ3) is 4.63. The average Bonchev–Trinajstić information content (AvgIpc) is 2.99. The number of hydrogen-bond donors (Lipinski definition) is 1. The molecule has 3 rings (SSSR count). The molecule has 0 radical (unpaired) electrons. The number of halogens is 2. The summed E-state index contributed by atoms with van der Waals surface area (Å²) >= 11 is 9.50. The Labute approximate surface area is 164 Å². The van der Waals surface area contributed by atoms with Crippen LogP contribution in [0.3, 0.4) is 0 Å². The molecule has 1 saturated heterocycles. The molecule has 1 N–H and O–H groups in total. The highest BCUT2D eigenvalue weighted by molar-refractivity contribution is 9.10. The normalized spacial score (nSPS) is 15.1. The van der Waals surface area contributed by atoms with Gasteiger partial charge in [0.05, 0.1) is 17.1 Å². The molecule has 0 spiro atoms. The number of piperazine rings is 1. The van der Waals surface area contributed by atoms with E-state index in [2.05, 4.69) is 26.4 Å². The number of anilines is 1. The Morgan fingerprint density at radius 2 is 2.00 bits per heavy atom. The third-order valence-corrected chi connectivity index (χ3v) is 4.89. The van der Waals surface area contributed by atoms with Gasteiger partial charge in [-0.1, -0.05) is 32.7 Å². The molecule has 1 aliphatic heterocycles. The topological polar surface area (TPSA) is 78.7 Å². The number of rotatable bonds is 4. The Morgan fingerprint density at radius 1 is 1.27 bits per heavy atom. The van der Waals surface area contributed by atoms with E-state index in [0.717, 1.165) is 4.47 Å². The number of aryl methyl sites for hydroxylation is 1. The fraction of sp³-hybridized carbons (Fsp3) is 0.353. The van der Waals surface area contributed by atoms with E-state index in [-0.39, 0.29) is 18.4 Å². The Bertz CT molecular complexity index is 818. The molecule has 2 amide bonds. The largest absolute Gasteiger partial charge is 0.360 e. The van der Waals surface area contributed by atoms with E-state index in [1.807, 2.05) is 4.90 Å². The lowest BCUT2D eigenvalue weighted by Gasteiger charge is -2.34. The molecule has 2 aromatic rings. The Balaban J connectivity index is 1.50. The number of amides is 2. The molecular weight excluding hydrogens is 424 g/mol. The second-order valence-electron chi connectivity index (χ2n) is 6.06. The lowest BCUT2D eigenvalue weighted by atomic mass is 10.2. The van der Waals surface area contributed by atoms with E-state index >= 15 is 0 Å². The molecule has 0 unspecified atom stereocenters. The van der Waals surface area contributed by atoms with Crippen molar-refractivity contribution in [3.05, 3.63) is 45.1 Å². The summed E-state index contributed by atoms with van der Waals surface area (Å²) in [6.07, 6.45) is 0. The number of carbonyl (C=O) groups excluding carboxylic acids is 2. The monoisotopic (exact) mass is 440 g/mol. The fourth-order valence-corrected chi connectivity index (χ4v) is 3.51. The van der Waals surface area contributed by atoms with Gasteiger partial charge in [0, 0.05) is 36.7 Å². The van der Waals surface area contributed by atoms with Gasteiger partial charge in [0.1, 0.15) is 5.76 Å². The fourth-order valence-electron chi connectivity index (χ4n) is 2.75. The summed E-state index contributed by atoms with van der Waals surface area (Å²) in [7, 11) is 0. The minimum atomic E-state index is -0.158. The van der Waals surface area contributed by atoms with Crippen molar-refractivity contribution < 1.29 is 14.1 Å². The molecule has 1 fully saturated rings. The van der Waals surface area contributed by atoms with Crippen LogP contribution < -0.4 is 5.32 Å². The molecular formula is C17H18BrClN4O3. The van der Waals surface area contributed by atoms with Gasteiger partial charge in [0.2, 0.25) is 5.91 Å². The first-order valence-corrected chi connectivity index (χ1v) is 9.29. The minimum absolute atomic E-state index is 0.0929. The van der Waals surface area contributed by atoms with Crippen LogP contribution in [0.4, 0.5) is 5.82 Å². The summed E-state index contributed by atoms with van der Waals surface area (Å²) in [5.41, 5.74) is 0.488. The standard InChI is InChI=1S/C17H18BrClN4O3/c1-11-8-15(21-26-11)20-16(24)10-22-4-6-23(7-5-22)17(25)13-3-2-12(18)9-14(13)19/h2-3,8-9H,4-7,10H2,1H3,(H,20,21,24). The molecule has 7 nitrogen and oxygen atoms in total. The predicted molar refractivity (Wildman–Crippen MR) is 101 cm³/mol. The van der Waals surface area contributed by atoms with Gasteiger partial charge in [-0.15, -0.1) is 0 Å². The lowest BCUT2D eigenvalue weighted by Crippen LogP contribution is -2.50. The minimum Gasteiger partial charge on any atom is -0.360 e. The molecule has 1 aromatic heterocycles. The van der Waals surface area contributed by atoms with Crippen molar-refractivity contribution in [3.63, 3.8) is 0 Å². The van der Waals surface area contributed by atoms with Crippen molar-refractivity contribution in [2.75, 3.05) is 38.0 Å². The average molecular weight is 442 g/mol. The quantitative estimate of drug-likeness (QED) is 0.789. The Morgan fingerprint density at radius 3 is 2.62 bits per heavy atom. The molecule has 26 heavy (non-hydrogen) atoms. The maximum Gasteiger partial charge on any atom is 0.255 e. The van der Waals surface area contributed by atoms with Gasteiger partial charge in [0.25, 0.3) is 5.91 Å². The number of nitrogens with one attached hydrogen (secondary N) is 1. The zero-order chi connectivity index (χ0) is 18.7. The summed E-state index contributed by atoms with van der Waals surface area (Å²) in [4.78, 5) is 28.4. The maximum absolute atomic E-state index is 12.6. The first kappa shape index (κ1) is 18.9. The van der Waals surface area contributed by atoms with Gasteiger partial charge in [0.15, 0.2) is 5.82 Å². The van der Waals surface area contributed by atoms with Gasteiger partial charge in [-0.2, -0.15) is 0 Å². The van der Waals surface area contributed by atoms with Crippen LogP contribution in [0.1, 0.15) is 16.1 Å². The Kier molecular flexibility index (Phi) is 5.95. The summed E-state index contributed by atoms with van der Waals surface area (Å²) in [5, 5.41) is 6.86. The third-order valence-electron chi connectivity index (χ3n) is 4.08. The van der Waals surface area contributed by atoms with Crippen LogP contribution >= 0.6 is 27.5 Å². The van der Waals surface area contributed by atoms with E-state index in [1.54, 1.807) is 36.1 Å². The number of aromatic nitrogens is 1. The first-order valence-electron chi connectivity index (χ1n) is 8.12. The summed E-state index contributed by atoms with van der Waals surface area (Å²) in [5.74, 6) is 0.795. The summed E-state index contributed by atoms with van der Waals surface area (Å²) in [6, 6.07) is 6.89. The van der Waals surface area contributed by atoms with Crippen molar-refractivity contribution in [3.8, 4) is 0 Å². The first-order chi connectivity index (χ1) is 12.4. The van der Waals surface area contributed by atoms with Gasteiger partial charge >= 0.3 is 0 Å².